The lowest BCUT2D eigenvalue weighted by Gasteiger charge is -2.53. The van der Waals surface area contributed by atoms with Gasteiger partial charge in [-0.3, -0.25) is 9.59 Å². The highest BCUT2D eigenvalue weighted by Gasteiger charge is 2.55. The van der Waals surface area contributed by atoms with Gasteiger partial charge in [-0.1, -0.05) is 51.3 Å². The first-order valence-electron chi connectivity index (χ1n) is 11.8. The molecule has 1 heterocycles. The number of aliphatic hydroxyl groups is 1. The molecule has 2 aliphatic carbocycles. The van der Waals surface area contributed by atoms with Crippen molar-refractivity contribution in [2.75, 3.05) is 0 Å². The molecule has 1 saturated carbocycles. The number of Topliss-reactive ketones (excluding diaryl/α,β-unsaturated/α-hetero) is 1. The molecule has 6 heteroatoms. The van der Waals surface area contributed by atoms with Crippen LogP contribution in [0.2, 0.25) is 0 Å². The zero-order valence-corrected chi connectivity index (χ0v) is 20.1. The molecule has 1 amide bonds. The van der Waals surface area contributed by atoms with E-state index in [-0.39, 0.29) is 34.9 Å². The summed E-state index contributed by atoms with van der Waals surface area (Å²) in [6.45, 7) is 11.8. The number of aliphatic hydroxyl groups excluding tert-OH is 1. The van der Waals surface area contributed by atoms with Crippen molar-refractivity contribution in [3.8, 4) is 0 Å². The molecule has 6 atom stereocenters. The number of hydrogen-bond donors (Lipinski definition) is 3. The van der Waals surface area contributed by atoms with E-state index < -0.39 is 29.3 Å². The minimum atomic E-state index is -1.05. The molecule has 6 nitrogen and oxygen atoms in total. The normalized spacial score (nSPS) is 37.2. The summed E-state index contributed by atoms with van der Waals surface area (Å²) in [6.07, 6.45) is 6.75. The van der Waals surface area contributed by atoms with Gasteiger partial charge < -0.3 is 15.5 Å². The molecule has 3 rings (SSSR count). The van der Waals surface area contributed by atoms with Crippen LogP contribution in [0, 0.1) is 35.0 Å². The van der Waals surface area contributed by atoms with E-state index in [1.54, 1.807) is 6.92 Å². The maximum Gasteiger partial charge on any atom is 0.328 e. The number of aliphatic carboxylic acids is 1. The van der Waals surface area contributed by atoms with E-state index in [0.29, 0.717) is 17.9 Å². The van der Waals surface area contributed by atoms with Crippen molar-refractivity contribution in [3.05, 3.63) is 34.6 Å². The second kappa shape index (κ2) is 8.87. The van der Waals surface area contributed by atoms with Crippen molar-refractivity contribution in [1.29, 1.82) is 0 Å². The van der Waals surface area contributed by atoms with E-state index in [2.05, 4.69) is 18.3 Å². The van der Waals surface area contributed by atoms with E-state index in [0.717, 1.165) is 24.8 Å². The number of rotatable bonds is 5. The third-order valence-corrected chi connectivity index (χ3v) is 7.82. The average molecular weight is 444 g/mol. The van der Waals surface area contributed by atoms with Crippen LogP contribution < -0.4 is 5.32 Å². The average Bonchev–Trinajstić information content (AvgIpc) is 2.92. The van der Waals surface area contributed by atoms with Crippen LogP contribution in [-0.2, 0) is 14.4 Å². The number of carboxylic acids is 1. The van der Waals surface area contributed by atoms with Crippen molar-refractivity contribution in [2.45, 2.75) is 73.3 Å². The fourth-order valence-electron chi connectivity index (χ4n) is 6.61. The molecule has 3 aliphatic rings. The van der Waals surface area contributed by atoms with Crippen LogP contribution in [-0.4, -0.2) is 33.9 Å². The standard InChI is InChI=1S/C26H37NO5/c1-13(2)9-19-23(30)21(25(32)27-19)24(31)26(6)18-8-7-14(3)10-17(18)11-15(4)22(26)16(5)12-20(28)29/h11-14,17-19,22,31H,7-10H2,1-6H3,(H,27,32)(H,28,29)/t14-,17+,18-,19?,22+,26+/m1/s1. The summed E-state index contributed by atoms with van der Waals surface area (Å²) in [7, 11) is 0. The van der Waals surface area contributed by atoms with Crippen molar-refractivity contribution in [2.24, 2.45) is 35.0 Å². The number of allylic oxidation sites excluding steroid dienone is 4. The third kappa shape index (κ3) is 4.16. The van der Waals surface area contributed by atoms with Gasteiger partial charge in [0, 0.05) is 17.4 Å². The van der Waals surface area contributed by atoms with E-state index in [1.165, 1.54) is 6.08 Å². The molecule has 0 spiro atoms. The van der Waals surface area contributed by atoms with Gasteiger partial charge in [0.05, 0.1) is 6.04 Å². The Bertz CT molecular complexity index is 911. The fraction of sp³-hybridized carbons (Fsp3) is 0.654. The number of amides is 1. The molecule has 1 aliphatic heterocycles. The van der Waals surface area contributed by atoms with Crippen molar-refractivity contribution in [3.63, 3.8) is 0 Å². The van der Waals surface area contributed by atoms with Gasteiger partial charge in [-0.2, -0.15) is 0 Å². The number of carbonyl (C=O) groups is 3. The van der Waals surface area contributed by atoms with Crippen LogP contribution in [0.5, 0.6) is 0 Å². The summed E-state index contributed by atoms with van der Waals surface area (Å²) < 4.78 is 0. The Morgan fingerprint density at radius 1 is 1.28 bits per heavy atom. The van der Waals surface area contributed by atoms with Crippen LogP contribution in [0.4, 0.5) is 0 Å². The summed E-state index contributed by atoms with van der Waals surface area (Å²) in [5.41, 5.74) is 0.518. The molecular weight excluding hydrogens is 406 g/mol. The van der Waals surface area contributed by atoms with Gasteiger partial charge in [0.15, 0.2) is 5.78 Å². The quantitative estimate of drug-likeness (QED) is 0.250. The highest BCUT2D eigenvalue weighted by molar-refractivity contribution is 6.27. The molecule has 3 N–H and O–H groups in total. The fourth-order valence-corrected chi connectivity index (χ4v) is 6.61. The Morgan fingerprint density at radius 3 is 2.53 bits per heavy atom. The van der Waals surface area contributed by atoms with Crippen LogP contribution in [0.1, 0.15) is 67.2 Å². The van der Waals surface area contributed by atoms with Crippen LogP contribution >= 0.6 is 0 Å². The summed E-state index contributed by atoms with van der Waals surface area (Å²) in [6, 6.07) is -0.625. The number of ketones is 1. The van der Waals surface area contributed by atoms with E-state index in [1.807, 2.05) is 27.7 Å². The smallest absolute Gasteiger partial charge is 0.328 e. The molecule has 1 unspecified atom stereocenters. The number of nitrogens with one attached hydrogen (secondary N) is 1. The number of fused-ring (bicyclic) bond motifs is 1. The van der Waals surface area contributed by atoms with Crippen LogP contribution in [0.25, 0.3) is 0 Å². The number of hydrogen-bond acceptors (Lipinski definition) is 4. The molecule has 2 fully saturated rings. The molecule has 0 aromatic rings. The zero-order valence-electron chi connectivity index (χ0n) is 20.1. The van der Waals surface area contributed by atoms with Crippen LogP contribution in [0.3, 0.4) is 0 Å². The Balaban J connectivity index is 2.19. The maximum atomic E-state index is 13.2. The molecule has 32 heavy (non-hydrogen) atoms. The number of carbonyl (C=O) groups excluding carboxylic acids is 2. The topological polar surface area (TPSA) is 104 Å². The maximum absolute atomic E-state index is 13.2. The predicted octanol–water partition coefficient (Wildman–Crippen LogP) is 4.58. The van der Waals surface area contributed by atoms with Gasteiger partial charge in [0.1, 0.15) is 11.3 Å². The Labute approximate surface area is 190 Å². The molecule has 0 aromatic carbocycles. The predicted molar refractivity (Wildman–Crippen MR) is 123 cm³/mol. The van der Waals surface area contributed by atoms with Crippen molar-refractivity contribution >= 4 is 17.7 Å². The van der Waals surface area contributed by atoms with Gasteiger partial charge in [0.2, 0.25) is 0 Å². The Hall–Kier alpha value is -2.37. The first-order chi connectivity index (χ1) is 14.9. The Kier molecular flexibility index (Phi) is 6.73. The summed E-state index contributed by atoms with van der Waals surface area (Å²) in [5.74, 6) is -1.49. The lowest BCUT2D eigenvalue weighted by Crippen LogP contribution is -2.47. The molecule has 1 saturated heterocycles. The zero-order chi connectivity index (χ0) is 24.0. The molecule has 0 aromatic heterocycles. The first kappa shape index (κ1) is 24.3. The third-order valence-electron chi connectivity index (χ3n) is 7.82. The van der Waals surface area contributed by atoms with Gasteiger partial charge in [-0.05, 0) is 56.8 Å². The van der Waals surface area contributed by atoms with Gasteiger partial charge in [-0.15, -0.1) is 0 Å². The van der Waals surface area contributed by atoms with Gasteiger partial charge >= 0.3 is 5.97 Å². The minimum Gasteiger partial charge on any atom is -0.511 e. The van der Waals surface area contributed by atoms with Gasteiger partial charge in [0.25, 0.3) is 5.91 Å². The summed E-state index contributed by atoms with van der Waals surface area (Å²) >= 11 is 0. The minimum absolute atomic E-state index is 0.0155. The largest absolute Gasteiger partial charge is 0.511 e. The molecule has 0 bridgehead atoms. The van der Waals surface area contributed by atoms with Crippen molar-refractivity contribution in [1.82, 2.24) is 5.32 Å². The second-order valence-electron chi connectivity index (χ2n) is 10.8. The molecule has 176 valence electrons. The highest BCUT2D eigenvalue weighted by atomic mass is 16.4. The molecule has 0 radical (unpaired) electrons. The molecular formula is C26H37NO5. The summed E-state index contributed by atoms with van der Waals surface area (Å²) in [5, 5.41) is 23.9. The van der Waals surface area contributed by atoms with E-state index in [9.17, 15) is 24.6 Å². The summed E-state index contributed by atoms with van der Waals surface area (Å²) in [4.78, 5) is 37.6. The van der Waals surface area contributed by atoms with E-state index in [4.69, 9.17) is 0 Å². The first-order valence-corrected chi connectivity index (χ1v) is 11.8. The lowest BCUT2D eigenvalue weighted by molar-refractivity contribution is -0.131. The van der Waals surface area contributed by atoms with Crippen LogP contribution in [0.15, 0.2) is 34.6 Å². The second-order valence-corrected chi connectivity index (χ2v) is 10.8. The monoisotopic (exact) mass is 443 g/mol. The van der Waals surface area contributed by atoms with Gasteiger partial charge in [-0.25, -0.2) is 4.79 Å². The Morgan fingerprint density at radius 2 is 1.94 bits per heavy atom. The van der Waals surface area contributed by atoms with Crippen molar-refractivity contribution < 1.29 is 24.6 Å². The SMILES string of the molecule is CC(=CC(=O)O)[C@@H]1C(C)=C[C@@H]2C[C@H](C)CC[C@H]2[C@]1(C)C(O)=C1C(=O)NC(CC(C)C)C1=O. The number of carboxylic acid groups (broad SMARTS) is 1. The highest BCUT2D eigenvalue weighted by Crippen LogP contribution is 2.59. The van der Waals surface area contributed by atoms with E-state index >= 15 is 0 Å². The lowest BCUT2D eigenvalue weighted by atomic mass is 9.51.